The van der Waals surface area contributed by atoms with Crippen LogP contribution in [0.3, 0.4) is 0 Å². The number of aliphatic hydroxyl groups is 1. The summed E-state index contributed by atoms with van der Waals surface area (Å²) in [4.78, 5) is 48.8. The number of carboxylic acid groups (broad SMARTS) is 1. The number of hydrogen-bond acceptors (Lipinski definition) is 6. The van der Waals surface area contributed by atoms with Crippen LogP contribution in [0.15, 0.2) is 23.8 Å². The second kappa shape index (κ2) is 7.07. The summed E-state index contributed by atoms with van der Waals surface area (Å²) in [5, 5.41) is 21.0. The molecule has 0 saturated heterocycles. The number of ether oxygens (including phenoxy) is 1. The van der Waals surface area contributed by atoms with Gasteiger partial charge in [0.25, 0.3) is 5.78 Å². The van der Waals surface area contributed by atoms with E-state index in [0.717, 1.165) is 6.92 Å². The Morgan fingerprint density at radius 1 is 1.22 bits per heavy atom. The number of carbonyl (C=O) groups excluding carboxylic acids is 3. The van der Waals surface area contributed by atoms with Crippen molar-refractivity contribution in [2.24, 2.45) is 34.5 Å². The molecule has 0 aromatic rings. The second-order valence-corrected chi connectivity index (χ2v) is 10.4. The predicted octanol–water partition coefficient (Wildman–Crippen LogP) is 2.41. The minimum absolute atomic E-state index is 0.0249. The number of carbonyl (C=O) groups is 4. The van der Waals surface area contributed by atoms with Crippen molar-refractivity contribution < 1.29 is 38.5 Å². The molecule has 0 amide bonds. The van der Waals surface area contributed by atoms with Crippen LogP contribution in [-0.4, -0.2) is 51.6 Å². The molecule has 0 aromatic heterocycles. The van der Waals surface area contributed by atoms with Gasteiger partial charge in [0.05, 0.1) is 6.10 Å². The van der Waals surface area contributed by atoms with Gasteiger partial charge in [-0.3, -0.25) is 14.4 Å². The second-order valence-electron chi connectivity index (χ2n) is 10.4. The Morgan fingerprint density at radius 2 is 1.88 bits per heavy atom. The summed E-state index contributed by atoms with van der Waals surface area (Å²) in [5.74, 6) is -5.75. The van der Waals surface area contributed by atoms with Crippen molar-refractivity contribution in [2.75, 3.05) is 0 Å². The zero-order valence-corrected chi connectivity index (χ0v) is 18.6. The number of ketones is 2. The normalized spacial score (nSPS) is 47.1. The molecule has 0 spiro atoms. The van der Waals surface area contributed by atoms with Gasteiger partial charge in [-0.05, 0) is 48.8 Å². The maximum atomic E-state index is 15.4. The number of aliphatic hydroxyl groups excluding tert-OH is 1. The summed E-state index contributed by atoms with van der Waals surface area (Å²) >= 11 is 0. The number of carboxylic acids is 1. The predicted molar refractivity (Wildman–Crippen MR) is 110 cm³/mol. The number of hydrogen-bond donors (Lipinski definition) is 2. The summed E-state index contributed by atoms with van der Waals surface area (Å²) in [6.07, 6.45) is 2.40. The molecule has 4 aliphatic carbocycles. The first-order chi connectivity index (χ1) is 14.8. The van der Waals surface area contributed by atoms with E-state index in [-0.39, 0.29) is 30.5 Å². The number of allylic oxidation sites excluding steroid dienone is 4. The molecule has 4 rings (SSSR count). The Hall–Kier alpha value is -2.35. The van der Waals surface area contributed by atoms with Crippen molar-refractivity contribution in [3.63, 3.8) is 0 Å². The van der Waals surface area contributed by atoms with Gasteiger partial charge in [0.1, 0.15) is 6.17 Å². The molecule has 7 nitrogen and oxygen atoms in total. The van der Waals surface area contributed by atoms with E-state index in [0.29, 0.717) is 12.0 Å². The lowest BCUT2D eigenvalue weighted by Crippen LogP contribution is -2.65. The number of alkyl halides is 1. The van der Waals surface area contributed by atoms with Gasteiger partial charge >= 0.3 is 11.9 Å². The maximum Gasteiger partial charge on any atom is 0.376 e. The summed E-state index contributed by atoms with van der Waals surface area (Å²) < 4.78 is 21.0. The smallest absolute Gasteiger partial charge is 0.376 e. The molecule has 0 unspecified atom stereocenters. The number of halogens is 1. The van der Waals surface area contributed by atoms with Gasteiger partial charge in [-0.2, -0.15) is 0 Å². The van der Waals surface area contributed by atoms with Crippen molar-refractivity contribution in [1.82, 2.24) is 0 Å². The first-order valence-corrected chi connectivity index (χ1v) is 11.0. The lowest BCUT2D eigenvalue weighted by atomic mass is 9.45. The minimum Gasteiger partial charge on any atom is -0.475 e. The fourth-order valence-electron chi connectivity index (χ4n) is 7.79. The van der Waals surface area contributed by atoms with Crippen LogP contribution < -0.4 is 0 Å². The van der Waals surface area contributed by atoms with Crippen LogP contribution in [0.4, 0.5) is 4.39 Å². The van der Waals surface area contributed by atoms with Crippen LogP contribution in [0, 0.1) is 34.5 Å². The fourth-order valence-corrected chi connectivity index (χ4v) is 7.79. The molecule has 0 aromatic carbocycles. The van der Waals surface area contributed by atoms with Gasteiger partial charge in [0, 0.05) is 29.6 Å². The van der Waals surface area contributed by atoms with Crippen molar-refractivity contribution in [3.05, 3.63) is 23.8 Å². The highest BCUT2D eigenvalue weighted by Gasteiger charge is 2.74. The molecule has 0 radical (unpaired) electrons. The SMILES string of the molecule is CC(=O)O[C@]1(C(=O)C(=O)O)[C@H](C)C[C@H]2[C@@H]3C[C@H](F)C4=CC(=O)C=C[C@]4(C)[C@H]3[C@@H](O)C[C@@]21C. The van der Waals surface area contributed by atoms with E-state index in [1.54, 1.807) is 19.9 Å². The van der Waals surface area contributed by atoms with E-state index in [1.807, 2.05) is 6.92 Å². The van der Waals surface area contributed by atoms with E-state index in [2.05, 4.69) is 0 Å². The molecular formula is C24H29FO7. The average molecular weight is 448 g/mol. The zero-order chi connectivity index (χ0) is 23.8. The van der Waals surface area contributed by atoms with Crippen molar-refractivity contribution in [3.8, 4) is 0 Å². The standard InChI is InChI=1S/C24H29FO7/c1-11-7-15-14-9-17(25)16-8-13(27)5-6-22(16,3)19(14)18(28)10-23(15,4)24(11,32-12(2)26)20(29)21(30)31/h5-6,8,11,14-15,17-19,28H,7,9-10H2,1-4H3,(H,30,31)/t11-,14+,15+,17+,18+,19-,22+,23+,24+/m1/s1. The summed E-state index contributed by atoms with van der Waals surface area (Å²) in [5.41, 5.74) is -3.64. The molecule has 2 N–H and O–H groups in total. The lowest BCUT2D eigenvalue weighted by molar-refractivity contribution is -0.206. The van der Waals surface area contributed by atoms with E-state index in [4.69, 9.17) is 4.74 Å². The Kier molecular flexibility index (Phi) is 5.05. The quantitative estimate of drug-likeness (QED) is 0.503. The highest BCUT2D eigenvalue weighted by atomic mass is 19.1. The Labute approximate surface area is 185 Å². The molecule has 0 heterocycles. The van der Waals surface area contributed by atoms with E-state index >= 15 is 4.39 Å². The summed E-state index contributed by atoms with van der Waals surface area (Å²) in [6.45, 7) is 6.31. The van der Waals surface area contributed by atoms with E-state index < -0.39 is 58.3 Å². The number of fused-ring (bicyclic) bond motifs is 5. The number of rotatable bonds is 3. The molecule has 3 fully saturated rings. The average Bonchev–Trinajstić information content (AvgIpc) is 2.89. The molecule has 174 valence electrons. The summed E-state index contributed by atoms with van der Waals surface area (Å²) in [7, 11) is 0. The molecule has 0 aliphatic heterocycles. The number of Topliss-reactive ketones (excluding diaryl/α,β-unsaturated/α-hetero) is 1. The van der Waals surface area contributed by atoms with Crippen LogP contribution in [0.25, 0.3) is 0 Å². The number of esters is 1. The van der Waals surface area contributed by atoms with Crippen LogP contribution >= 0.6 is 0 Å². The third kappa shape index (κ3) is 2.74. The highest BCUT2D eigenvalue weighted by molar-refractivity contribution is 6.36. The third-order valence-corrected chi connectivity index (χ3v) is 8.85. The Morgan fingerprint density at radius 3 is 2.47 bits per heavy atom. The molecular weight excluding hydrogens is 419 g/mol. The monoisotopic (exact) mass is 448 g/mol. The van der Waals surface area contributed by atoms with Crippen LogP contribution in [-0.2, 0) is 23.9 Å². The summed E-state index contributed by atoms with van der Waals surface area (Å²) in [6, 6.07) is 0. The van der Waals surface area contributed by atoms with Gasteiger partial charge in [0.2, 0.25) is 0 Å². The highest BCUT2D eigenvalue weighted by Crippen LogP contribution is 2.69. The third-order valence-electron chi connectivity index (χ3n) is 8.85. The van der Waals surface area contributed by atoms with Gasteiger partial charge in [-0.15, -0.1) is 0 Å². The molecule has 3 saturated carbocycles. The maximum absolute atomic E-state index is 15.4. The Balaban J connectivity index is 1.85. The van der Waals surface area contributed by atoms with Crippen LogP contribution in [0.5, 0.6) is 0 Å². The molecule has 32 heavy (non-hydrogen) atoms. The lowest BCUT2D eigenvalue weighted by Gasteiger charge is -2.60. The van der Waals surface area contributed by atoms with Gasteiger partial charge < -0.3 is 14.9 Å². The molecule has 9 atom stereocenters. The number of aliphatic carboxylic acids is 1. The van der Waals surface area contributed by atoms with Crippen LogP contribution in [0.1, 0.15) is 47.0 Å². The van der Waals surface area contributed by atoms with Gasteiger partial charge in [-0.25, -0.2) is 9.18 Å². The van der Waals surface area contributed by atoms with Gasteiger partial charge in [-0.1, -0.05) is 26.8 Å². The van der Waals surface area contributed by atoms with E-state index in [9.17, 15) is 29.4 Å². The van der Waals surface area contributed by atoms with Crippen molar-refractivity contribution >= 4 is 23.5 Å². The van der Waals surface area contributed by atoms with E-state index in [1.165, 1.54) is 12.2 Å². The zero-order valence-electron chi connectivity index (χ0n) is 18.6. The first-order valence-electron chi connectivity index (χ1n) is 11.0. The first kappa shape index (κ1) is 22.8. The minimum atomic E-state index is -1.94. The largest absolute Gasteiger partial charge is 0.475 e. The molecule has 8 heteroatoms. The molecule has 0 bridgehead atoms. The fraction of sp³-hybridized carbons (Fsp3) is 0.667. The topological polar surface area (TPSA) is 118 Å². The van der Waals surface area contributed by atoms with Crippen molar-refractivity contribution in [1.29, 1.82) is 0 Å². The van der Waals surface area contributed by atoms with Crippen molar-refractivity contribution in [2.45, 2.75) is 64.8 Å². The van der Waals surface area contributed by atoms with Gasteiger partial charge in [0.15, 0.2) is 11.4 Å². The molecule has 4 aliphatic rings. The Bertz CT molecular complexity index is 969. The van der Waals surface area contributed by atoms with Crippen LogP contribution in [0.2, 0.25) is 0 Å².